The number of rotatable bonds is 7. The van der Waals surface area contributed by atoms with Gasteiger partial charge in [-0.2, -0.15) is 11.8 Å². The molecule has 0 rings (SSSR count). The maximum atomic E-state index is 11.0. The summed E-state index contributed by atoms with van der Waals surface area (Å²) >= 11 is 1.65. The highest BCUT2D eigenvalue weighted by atomic mass is 32.2. The van der Waals surface area contributed by atoms with Crippen molar-refractivity contribution in [3.8, 4) is 0 Å². The van der Waals surface area contributed by atoms with Crippen molar-refractivity contribution in [3.63, 3.8) is 0 Å². The van der Waals surface area contributed by atoms with Crippen LogP contribution in [0.3, 0.4) is 0 Å². The number of hydrogen-bond acceptors (Lipinski definition) is 3. The van der Waals surface area contributed by atoms with Gasteiger partial charge in [0.1, 0.15) is 5.54 Å². The van der Waals surface area contributed by atoms with Gasteiger partial charge in [-0.15, -0.1) is 0 Å². The van der Waals surface area contributed by atoms with Gasteiger partial charge in [0.25, 0.3) is 0 Å². The molecule has 4 heteroatoms. The first-order valence-corrected chi connectivity index (χ1v) is 5.78. The fraction of sp³-hybridized carbons (Fsp3) is 0.889. The molecule has 0 amide bonds. The van der Waals surface area contributed by atoms with Crippen LogP contribution in [0.15, 0.2) is 0 Å². The molecule has 1 atom stereocenters. The van der Waals surface area contributed by atoms with Crippen molar-refractivity contribution in [2.45, 2.75) is 32.7 Å². The number of thioether (sulfide) groups is 1. The summed E-state index contributed by atoms with van der Waals surface area (Å²) in [6.45, 7) is 6.57. The third kappa shape index (κ3) is 4.52. The zero-order valence-electron chi connectivity index (χ0n) is 8.59. The van der Waals surface area contributed by atoms with E-state index >= 15 is 0 Å². The maximum absolute atomic E-state index is 11.0. The lowest BCUT2D eigenvalue weighted by Gasteiger charge is -2.25. The fourth-order valence-corrected chi connectivity index (χ4v) is 1.73. The highest BCUT2D eigenvalue weighted by Crippen LogP contribution is 2.13. The molecule has 78 valence electrons. The molecule has 0 saturated carbocycles. The van der Waals surface area contributed by atoms with Crippen LogP contribution in [0.4, 0.5) is 0 Å². The van der Waals surface area contributed by atoms with Crippen molar-refractivity contribution in [3.05, 3.63) is 0 Å². The van der Waals surface area contributed by atoms with Gasteiger partial charge in [0.05, 0.1) is 0 Å². The van der Waals surface area contributed by atoms with Crippen molar-refractivity contribution in [2.75, 3.05) is 18.1 Å². The Bertz CT molecular complexity index is 154. The summed E-state index contributed by atoms with van der Waals surface area (Å²) in [7, 11) is 0. The van der Waals surface area contributed by atoms with Gasteiger partial charge in [-0.1, -0.05) is 13.8 Å². The number of carboxylic acid groups (broad SMARTS) is 1. The summed E-state index contributed by atoms with van der Waals surface area (Å²) in [5, 5.41) is 12.1. The van der Waals surface area contributed by atoms with E-state index < -0.39 is 11.5 Å². The van der Waals surface area contributed by atoms with Gasteiger partial charge in [-0.25, -0.2) is 0 Å². The lowest BCUT2D eigenvalue weighted by Crippen LogP contribution is -2.52. The minimum atomic E-state index is -0.767. The third-order valence-electron chi connectivity index (χ3n) is 1.83. The van der Waals surface area contributed by atoms with E-state index in [1.807, 2.05) is 13.8 Å². The molecule has 0 aromatic carbocycles. The fourth-order valence-electron chi connectivity index (χ4n) is 0.895. The number of hydrogen-bond donors (Lipinski definition) is 2. The van der Waals surface area contributed by atoms with Crippen LogP contribution in [0.5, 0.6) is 0 Å². The molecule has 1 unspecified atom stereocenters. The number of carbonyl (C=O) groups is 1. The molecule has 3 nitrogen and oxygen atoms in total. The van der Waals surface area contributed by atoms with Crippen LogP contribution in [0.25, 0.3) is 0 Å². The maximum Gasteiger partial charge on any atom is 0.324 e. The molecule has 0 saturated heterocycles. The average Bonchev–Trinajstić information content (AvgIpc) is 2.11. The summed E-state index contributed by atoms with van der Waals surface area (Å²) in [6.07, 6.45) is 0.958. The van der Waals surface area contributed by atoms with Crippen LogP contribution in [0, 0.1) is 0 Å². The molecule has 0 spiro atoms. The number of aliphatic carboxylic acids is 1. The normalized spacial score (nSPS) is 15.3. The van der Waals surface area contributed by atoms with Crippen LogP contribution in [-0.2, 0) is 4.79 Å². The zero-order valence-corrected chi connectivity index (χ0v) is 9.41. The Labute approximate surface area is 84.3 Å². The van der Waals surface area contributed by atoms with E-state index in [-0.39, 0.29) is 0 Å². The van der Waals surface area contributed by atoms with Crippen LogP contribution < -0.4 is 5.32 Å². The lowest BCUT2D eigenvalue weighted by molar-refractivity contribution is -0.143. The second-order valence-electron chi connectivity index (χ2n) is 3.20. The Kier molecular flexibility index (Phi) is 6.16. The molecule has 0 aromatic rings. The highest BCUT2D eigenvalue weighted by Gasteiger charge is 2.31. The minimum Gasteiger partial charge on any atom is -0.480 e. The lowest BCUT2D eigenvalue weighted by atomic mass is 10.1. The monoisotopic (exact) mass is 205 g/mol. The summed E-state index contributed by atoms with van der Waals surface area (Å²) in [4.78, 5) is 11.0. The molecule has 0 fully saturated rings. The van der Waals surface area contributed by atoms with Crippen LogP contribution in [0.1, 0.15) is 27.2 Å². The van der Waals surface area contributed by atoms with E-state index in [9.17, 15) is 4.79 Å². The molecule has 0 heterocycles. The van der Waals surface area contributed by atoms with E-state index in [1.54, 1.807) is 18.7 Å². The summed E-state index contributed by atoms with van der Waals surface area (Å²) < 4.78 is 0. The van der Waals surface area contributed by atoms with Crippen molar-refractivity contribution >= 4 is 17.7 Å². The number of nitrogens with one attached hydrogen (secondary N) is 1. The van der Waals surface area contributed by atoms with Gasteiger partial charge in [-0.3, -0.25) is 4.79 Å². The zero-order chi connectivity index (χ0) is 10.3. The first-order valence-electron chi connectivity index (χ1n) is 4.63. The van der Waals surface area contributed by atoms with Crippen LogP contribution in [-0.4, -0.2) is 34.7 Å². The molecule has 0 radical (unpaired) electrons. The molecule has 0 bridgehead atoms. The number of carboxylic acids is 1. The topological polar surface area (TPSA) is 49.3 Å². The van der Waals surface area contributed by atoms with E-state index in [2.05, 4.69) is 5.32 Å². The molecule has 0 aliphatic carbocycles. The predicted octanol–water partition coefficient (Wildman–Crippen LogP) is 1.58. The van der Waals surface area contributed by atoms with Crippen molar-refractivity contribution in [1.82, 2.24) is 5.32 Å². The van der Waals surface area contributed by atoms with Gasteiger partial charge in [0.15, 0.2) is 0 Å². The molecule has 13 heavy (non-hydrogen) atoms. The van der Waals surface area contributed by atoms with Crippen LogP contribution in [0.2, 0.25) is 0 Å². The van der Waals surface area contributed by atoms with Gasteiger partial charge < -0.3 is 10.4 Å². The summed E-state index contributed by atoms with van der Waals surface area (Å²) in [5.41, 5.74) is -0.767. The first-order chi connectivity index (χ1) is 6.06. The second kappa shape index (κ2) is 6.27. The second-order valence-corrected chi connectivity index (χ2v) is 4.48. The standard InChI is InChI=1S/C9H19NO2S/c1-4-6-10-9(3,8(11)12)7-13-5-2/h10H,4-7H2,1-3H3,(H,11,12). The van der Waals surface area contributed by atoms with Gasteiger partial charge in [-0.05, 0) is 25.6 Å². The molecule has 2 N–H and O–H groups in total. The molecule has 0 aliphatic heterocycles. The SMILES string of the molecule is CCCNC(C)(CSCC)C(=O)O. The van der Waals surface area contributed by atoms with E-state index in [4.69, 9.17) is 5.11 Å². The van der Waals surface area contributed by atoms with Crippen molar-refractivity contribution in [1.29, 1.82) is 0 Å². The quantitative estimate of drug-likeness (QED) is 0.662. The van der Waals surface area contributed by atoms with E-state index in [0.717, 1.165) is 18.7 Å². The van der Waals surface area contributed by atoms with Gasteiger partial charge in [0, 0.05) is 5.75 Å². The van der Waals surface area contributed by atoms with Crippen molar-refractivity contribution < 1.29 is 9.90 Å². The minimum absolute atomic E-state index is 0.624. The highest BCUT2D eigenvalue weighted by molar-refractivity contribution is 7.99. The van der Waals surface area contributed by atoms with E-state index in [1.165, 1.54) is 0 Å². The summed E-state index contributed by atoms with van der Waals surface area (Å²) in [6, 6.07) is 0. The first kappa shape index (κ1) is 12.8. The summed E-state index contributed by atoms with van der Waals surface area (Å²) in [5.74, 6) is 0.817. The van der Waals surface area contributed by atoms with Gasteiger partial charge in [0.2, 0.25) is 0 Å². The van der Waals surface area contributed by atoms with Crippen molar-refractivity contribution in [2.24, 2.45) is 0 Å². The molecular weight excluding hydrogens is 186 g/mol. The Morgan fingerprint density at radius 3 is 2.54 bits per heavy atom. The van der Waals surface area contributed by atoms with Crippen LogP contribution >= 0.6 is 11.8 Å². The Hall–Kier alpha value is -0.220. The average molecular weight is 205 g/mol. The molecule has 0 aromatic heterocycles. The predicted molar refractivity (Wildman–Crippen MR) is 57.3 cm³/mol. The Morgan fingerprint density at radius 1 is 1.54 bits per heavy atom. The van der Waals surface area contributed by atoms with E-state index in [0.29, 0.717) is 5.75 Å². The molecule has 0 aliphatic rings. The third-order valence-corrected chi connectivity index (χ3v) is 3.02. The van der Waals surface area contributed by atoms with Gasteiger partial charge >= 0.3 is 5.97 Å². The Morgan fingerprint density at radius 2 is 2.15 bits per heavy atom. The Balaban J connectivity index is 4.08. The smallest absolute Gasteiger partial charge is 0.324 e. The molecular formula is C9H19NO2S. The largest absolute Gasteiger partial charge is 0.480 e.